The Morgan fingerprint density at radius 3 is 2.52 bits per heavy atom. The van der Waals surface area contributed by atoms with E-state index in [2.05, 4.69) is 0 Å². The van der Waals surface area contributed by atoms with Gasteiger partial charge in [-0.15, -0.1) is 0 Å². The second-order valence-electron chi connectivity index (χ2n) is 5.30. The van der Waals surface area contributed by atoms with E-state index in [0.29, 0.717) is 25.2 Å². The highest BCUT2D eigenvalue weighted by Gasteiger charge is 2.29. The fourth-order valence-electron chi connectivity index (χ4n) is 2.35. The van der Waals surface area contributed by atoms with Crippen LogP contribution in [-0.4, -0.2) is 52.9 Å². The van der Waals surface area contributed by atoms with Gasteiger partial charge in [0.2, 0.25) is 0 Å². The van der Waals surface area contributed by atoms with Crippen LogP contribution in [0.5, 0.6) is 0 Å². The molecule has 1 aromatic carbocycles. The van der Waals surface area contributed by atoms with Crippen molar-refractivity contribution in [2.45, 2.75) is 25.9 Å². The minimum absolute atomic E-state index is 0.115. The number of aryl methyl sites for hydroxylation is 1. The third-order valence-electron chi connectivity index (χ3n) is 3.56. The van der Waals surface area contributed by atoms with Crippen molar-refractivity contribution in [2.75, 3.05) is 24.5 Å². The number of aliphatic hydroxyl groups is 1. The maximum absolute atomic E-state index is 12.5. The topological polar surface area (TPSA) is 81.1 Å². The van der Waals surface area contributed by atoms with Crippen molar-refractivity contribution in [1.29, 1.82) is 0 Å². The van der Waals surface area contributed by atoms with Crippen molar-refractivity contribution < 1.29 is 19.8 Å². The van der Waals surface area contributed by atoms with Gasteiger partial charge >= 0.3 is 12.0 Å². The first-order valence-electron chi connectivity index (χ1n) is 7.00. The van der Waals surface area contributed by atoms with E-state index in [-0.39, 0.29) is 19.0 Å². The first-order chi connectivity index (χ1) is 9.97. The highest BCUT2D eigenvalue weighted by molar-refractivity contribution is 5.92. The molecule has 1 fully saturated rings. The average Bonchev–Trinajstić information content (AvgIpc) is 2.87. The third kappa shape index (κ3) is 3.95. The van der Waals surface area contributed by atoms with Crippen LogP contribution < -0.4 is 4.90 Å². The summed E-state index contributed by atoms with van der Waals surface area (Å²) in [5, 5.41) is 18.4. The number of carboxylic acid groups (broad SMARTS) is 1. The number of urea groups is 1. The molecule has 2 rings (SSSR count). The van der Waals surface area contributed by atoms with Gasteiger partial charge in [-0.2, -0.15) is 0 Å². The maximum atomic E-state index is 12.5. The predicted octanol–water partition coefficient (Wildman–Crippen LogP) is 1.46. The molecule has 1 aliphatic rings. The third-order valence-corrected chi connectivity index (χ3v) is 3.56. The second kappa shape index (κ2) is 6.58. The lowest BCUT2D eigenvalue weighted by molar-refractivity contribution is -0.136. The van der Waals surface area contributed by atoms with Crippen LogP contribution in [0.1, 0.15) is 18.4 Å². The summed E-state index contributed by atoms with van der Waals surface area (Å²) in [6.45, 7) is 2.86. The molecular weight excluding hydrogens is 272 g/mol. The zero-order valence-electron chi connectivity index (χ0n) is 12.0. The number of likely N-dealkylation sites (tertiary alicyclic amines) is 1. The Morgan fingerprint density at radius 1 is 1.33 bits per heavy atom. The van der Waals surface area contributed by atoms with Gasteiger partial charge in [0.25, 0.3) is 0 Å². The number of anilines is 1. The number of aliphatic carboxylic acids is 1. The van der Waals surface area contributed by atoms with Crippen molar-refractivity contribution in [3.8, 4) is 0 Å². The Hall–Kier alpha value is -2.08. The number of carbonyl (C=O) groups excluding carboxylic acids is 1. The molecule has 1 saturated heterocycles. The monoisotopic (exact) mass is 292 g/mol. The zero-order valence-corrected chi connectivity index (χ0v) is 12.0. The summed E-state index contributed by atoms with van der Waals surface area (Å²) in [6.07, 6.45) is -0.0455. The molecule has 0 saturated carbocycles. The normalized spacial score (nSPS) is 17.8. The van der Waals surface area contributed by atoms with Gasteiger partial charge in [-0.3, -0.25) is 9.69 Å². The molecule has 2 amide bonds. The van der Waals surface area contributed by atoms with Crippen LogP contribution in [0, 0.1) is 6.92 Å². The van der Waals surface area contributed by atoms with Crippen LogP contribution in [0.4, 0.5) is 10.5 Å². The highest BCUT2D eigenvalue weighted by Crippen LogP contribution is 2.20. The summed E-state index contributed by atoms with van der Waals surface area (Å²) < 4.78 is 0. The average molecular weight is 292 g/mol. The highest BCUT2D eigenvalue weighted by atomic mass is 16.4. The van der Waals surface area contributed by atoms with Crippen molar-refractivity contribution in [3.05, 3.63) is 29.8 Å². The molecule has 1 aromatic rings. The molecule has 114 valence electrons. The summed E-state index contributed by atoms with van der Waals surface area (Å²) in [5.41, 5.74) is 1.74. The molecule has 1 unspecified atom stereocenters. The van der Waals surface area contributed by atoms with Crippen LogP contribution in [0.15, 0.2) is 24.3 Å². The molecule has 0 aliphatic carbocycles. The number of nitrogens with zero attached hydrogens (tertiary/aromatic N) is 2. The van der Waals surface area contributed by atoms with Crippen LogP contribution >= 0.6 is 0 Å². The first-order valence-corrected chi connectivity index (χ1v) is 7.00. The molecule has 6 nitrogen and oxygen atoms in total. The van der Waals surface area contributed by atoms with E-state index >= 15 is 0 Å². The van der Waals surface area contributed by atoms with Crippen LogP contribution in [0.3, 0.4) is 0 Å². The maximum Gasteiger partial charge on any atom is 0.324 e. The van der Waals surface area contributed by atoms with Gasteiger partial charge in [0.1, 0.15) is 0 Å². The fourth-order valence-corrected chi connectivity index (χ4v) is 2.35. The number of hydrogen-bond acceptors (Lipinski definition) is 3. The number of hydrogen-bond donors (Lipinski definition) is 2. The molecule has 0 bridgehead atoms. The van der Waals surface area contributed by atoms with Crippen LogP contribution in [-0.2, 0) is 4.79 Å². The molecule has 0 aromatic heterocycles. The Morgan fingerprint density at radius 2 is 2.00 bits per heavy atom. The SMILES string of the molecule is Cc1ccc(N(CCC(=O)O)C(=O)N2CCC(O)C2)cc1. The van der Waals surface area contributed by atoms with E-state index in [0.717, 1.165) is 5.56 Å². The number of carbonyl (C=O) groups is 2. The number of benzene rings is 1. The molecule has 1 heterocycles. The van der Waals surface area contributed by atoms with Gasteiger partial charge in [-0.05, 0) is 25.5 Å². The summed E-state index contributed by atoms with van der Waals surface area (Å²) >= 11 is 0. The second-order valence-corrected chi connectivity index (χ2v) is 5.30. The van der Waals surface area contributed by atoms with Crippen molar-refractivity contribution in [3.63, 3.8) is 0 Å². The van der Waals surface area contributed by atoms with Gasteiger partial charge in [0.15, 0.2) is 0 Å². The Balaban J connectivity index is 2.16. The van der Waals surface area contributed by atoms with Crippen LogP contribution in [0.2, 0.25) is 0 Å². The smallest absolute Gasteiger partial charge is 0.324 e. The van der Waals surface area contributed by atoms with E-state index in [4.69, 9.17) is 5.11 Å². The van der Waals surface area contributed by atoms with Crippen LogP contribution in [0.25, 0.3) is 0 Å². The van der Waals surface area contributed by atoms with E-state index in [1.165, 1.54) is 4.90 Å². The van der Waals surface area contributed by atoms with Gasteiger partial charge in [0, 0.05) is 25.3 Å². The lowest BCUT2D eigenvalue weighted by atomic mass is 10.2. The number of carboxylic acids is 1. The molecule has 1 aliphatic heterocycles. The minimum Gasteiger partial charge on any atom is -0.481 e. The Kier molecular flexibility index (Phi) is 4.80. The van der Waals surface area contributed by atoms with E-state index in [1.807, 2.05) is 31.2 Å². The Labute approximate surface area is 123 Å². The molecular formula is C15H20N2O4. The first kappa shape index (κ1) is 15.3. The van der Waals surface area contributed by atoms with Crippen molar-refractivity contribution in [1.82, 2.24) is 4.90 Å². The van der Waals surface area contributed by atoms with E-state index < -0.39 is 12.1 Å². The minimum atomic E-state index is -0.943. The number of β-amino-alcohol motifs (C(OH)–C–C–N with tert-alkyl or cyclic N) is 1. The van der Waals surface area contributed by atoms with Gasteiger partial charge < -0.3 is 15.1 Å². The molecule has 0 spiro atoms. The largest absolute Gasteiger partial charge is 0.481 e. The quantitative estimate of drug-likeness (QED) is 0.880. The molecule has 2 N–H and O–H groups in total. The molecule has 21 heavy (non-hydrogen) atoms. The van der Waals surface area contributed by atoms with E-state index in [9.17, 15) is 14.7 Å². The van der Waals surface area contributed by atoms with Crippen molar-refractivity contribution >= 4 is 17.7 Å². The predicted molar refractivity (Wildman–Crippen MR) is 78.4 cm³/mol. The summed E-state index contributed by atoms with van der Waals surface area (Å²) in [6, 6.07) is 7.13. The lowest BCUT2D eigenvalue weighted by Crippen LogP contribution is -2.43. The number of rotatable bonds is 4. The number of aliphatic hydroxyl groups excluding tert-OH is 1. The summed E-state index contributed by atoms with van der Waals surface area (Å²) in [5.74, 6) is -0.943. The fraction of sp³-hybridized carbons (Fsp3) is 0.467. The molecule has 0 radical (unpaired) electrons. The van der Waals surface area contributed by atoms with Gasteiger partial charge in [-0.25, -0.2) is 4.79 Å². The molecule has 1 atom stereocenters. The van der Waals surface area contributed by atoms with E-state index in [1.54, 1.807) is 4.90 Å². The summed E-state index contributed by atoms with van der Waals surface area (Å²) in [7, 11) is 0. The standard InChI is InChI=1S/C15H20N2O4/c1-11-2-4-12(5-3-11)17(9-7-14(19)20)15(21)16-8-6-13(18)10-16/h2-5,13,18H,6-10H2,1H3,(H,19,20). The Bertz CT molecular complexity index is 515. The van der Waals surface area contributed by atoms with Gasteiger partial charge in [0.05, 0.1) is 12.5 Å². The van der Waals surface area contributed by atoms with Gasteiger partial charge in [-0.1, -0.05) is 17.7 Å². The lowest BCUT2D eigenvalue weighted by Gasteiger charge is -2.27. The zero-order chi connectivity index (χ0) is 15.4. The van der Waals surface area contributed by atoms with Crippen molar-refractivity contribution in [2.24, 2.45) is 0 Å². The number of amides is 2. The summed E-state index contributed by atoms with van der Waals surface area (Å²) in [4.78, 5) is 26.4. The molecule has 6 heteroatoms.